The summed E-state index contributed by atoms with van der Waals surface area (Å²) in [5.74, 6) is 0.443. The first kappa shape index (κ1) is 26.4. The van der Waals surface area contributed by atoms with E-state index in [1.54, 1.807) is 16.8 Å². The molecule has 0 amide bonds. The van der Waals surface area contributed by atoms with E-state index in [-0.39, 0.29) is 17.4 Å². The SMILES string of the molecule is CC[C@@H](c1nnnn1Cc1ccc(F)cc1)N(CCc1ccccc1)Cc1cc2cc(C)c(C)cc2[nH]c1=O. The molecule has 0 aliphatic rings. The molecule has 0 unspecified atom stereocenters. The van der Waals surface area contributed by atoms with Crippen LogP contribution in [0, 0.1) is 19.7 Å². The van der Waals surface area contributed by atoms with E-state index in [0.717, 1.165) is 47.2 Å². The number of rotatable bonds is 10. The molecular weight excluding hydrogens is 491 g/mol. The fraction of sp³-hybridized carbons (Fsp3) is 0.290. The summed E-state index contributed by atoms with van der Waals surface area (Å²) in [5.41, 5.74) is 5.93. The molecule has 2 aromatic heterocycles. The highest BCUT2D eigenvalue weighted by Crippen LogP contribution is 2.26. The van der Waals surface area contributed by atoms with Gasteiger partial charge in [0.25, 0.3) is 5.56 Å². The number of nitrogens with zero attached hydrogens (tertiary/aromatic N) is 5. The minimum absolute atomic E-state index is 0.0868. The maximum atomic E-state index is 13.5. The van der Waals surface area contributed by atoms with Crippen molar-refractivity contribution in [1.29, 1.82) is 0 Å². The maximum Gasteiger partial charge on any atom is 0.252 e. The lowest BCUT2D eigenvalue weighted by molar-refractivity contribution is 0.172. The quantitative estimate of drug-likeness (QED) is 0.260. The lowest BCUT2D eigenvalue weighted by atomic mass is 10.0. The van der Waals surface area contributed by atoms with Crippen LogP contribution in [0.2, 0.25) is 0 Å². The Morgan fingerprint density at radius 1 is 0.974 bits per heavy atom. The van der Waals surface area contributed by atoms with Crippen LogP contribution in [-0.2, 0) is 19.5 Å². The Kier molecular flexibility index (Phi) is 7.93. The molecule has 7 nitrogen and oxygen atoms in total. The average Bonchev–Trinajstić information content (AvgIpc) is 3.38. The summed E-state index contributed by atoms with van der Waals surface area (Å²) in [6.45, 7) is 7.84. The van der Waals surface area contributed by atoms with Crippen LogP contribution in [-0.4, -0.2) is 36.6 Å². The topological polar surface area (TPSA) is 79.7 Å². The van der Waals surface area contributed by atoms with E-state index < -0.39 is 0 Å². The third-order valence-corrected chi connectivity index (χ3v) is 7.37. The van der Waals surface area contributed by atoms with Gasteiger partial charge in [-0.15, -0.1) is 5.10 Å². The summed E-state index contributed by atoms with van der Waals surface area (Å²) >= 11 is 0. The Bertz CT molecular complexity index is 1610. The van der Waals surface area contributed by atoms with Gasteiger partial charge in [0.2, 0.25) is 0 Å². The number of nitrogens with one attached hydrogen (secondary N) is 1. The number of aromatic amines is 1. The second kappa shape index (κ2) is 11.7. The Labute approximate surface area is 227 Å². The fourth-order valence-corrected chi connectivity index (χ4v) is 5.05. The van der Waals surface area contributed by atoms with E-state index in [1.807, 2.05) is 37.3 Å². The summed E-state index contributed by atoms with van der Waals surface area (Å²) in [7, 11) is 0. The number of tetrazole rings is 1. The molecule has 0 saturated heterocycles. The molecule has 0 fully saturated rings. The van der Waals surface area contributed by atoms with Crippen molar-refractivity contribution in [3.63, 3.8) is 0 Å². The van der Waals surface area contributed by atoms with Gasteiger partial charge in [0.1, 0.15) is 5.82 Å². The van der Waals surface area contributed by atoms with Crippen LogP contribution in [0.3, 0.4) is 0 Å². The number of hydrogen-bond donors (Lipinski definition) is 1. The van der Waals surface area contributed by atoms with Crippen molar-refractivity contribution in [3.8, 4) is 0 Å². The smallest absolute Gasteiger partial charge is 0.252 e. The number of benzene rings is 3. The van der Waals surface area contributed by atoms with Gasteiger partial charge in [0.15, 0.2) is 5.82 Å². The molecule has 0 spiro atoms. The van der Waals surface area contributed by atoms with Crippen molar-refractivity contribution in [1.82, 2.24) is 30.1 Å². The summed E-state index contributed by atoms with van der Waals surface area (Å²) in [6.07, 6.45) is 1.57. The molecule has 3 aromatic carbocycles. The molecule has 0 saturated carbocycles. The van der Waals surface area contributed by atoms with Crippen LogP contribution in [0.4, 0.5) is 4.39 Å². The third kappa shape index (κ3) is 6.12. The first-order chi connectivity index (χ1) is 18.9. The molecule has 2 heterocycles. The van der Waals surface area contributed by atoms with E-state index in [0.29, 0.717) is 18.7 Å². The highest BCUT2D eigenvalue weighted by molar-refractivity contribution is 5.80. The molecule has 5 aromatic rings. The van der Waals surface area contributed by atoms with Gasteiger partial charge in [-0.1, -0.05) is 49.4 Å². The number of pyridine rings is 1. The summed E-state index contributed by atoms with van der Waals surface area (Å²) < 4.78 is 15.2. The summed E-state index contributed by atoms with van der Waals surface area (Å²) in [4.78, 5) is 18.6. The maximum absolute atomic E-state index is 13.5. The van der Waals surface area contributed by atoms with E-state index >= 15 is 0 Å². The number of hydrogen-bond acceptors (Lipinski definition) is 5. The van der Waals surface area contributed by atoms with Gasteiger partial charge < -0.3 is 4.98 Å². The second-order valence-corrected chi connectivity index (χ2v) is 10.1. The zero-order valence-electron chi connectivity index (χ0n) is 22.6. The zero-order valence-corrected chi connectivity index (χ0v) is 22.6. The minimum atomic E-state index is -0.278. The molecule has 5 rings (SSSR count). The first-order valence-electron chi connectivity index (χ1n) is 13.3. The van der Waals surface area contributed by atoms with E-state index in [2.05, 4.69) is 57.5 Å². The van der Waals surface area contributed by atoms with Crippen molar-refractivity contribution < 1.29 is 4.39 Å². The third-order valence-electron chi connectivity index (χ3n) is 7.37. The standard InChI is InChI=1S/C31H33FN6O/c1-4-29(30-34-35-36-38(30)19-24-10-12-27(32)13-11-24)37(15-14-23-8-6-5-7-9-23)20-26-18-25-16-21(2)22(3)17-28(25)33-31(26)39/h5-13,16-18,29H,4,14-15,19-20H2,1-3H3,(H,33,39)/t29-/m0/s1. The van der Waals surface area contributed by atoms with Crippen molar-refractivity contribution in [3.05, 3.63) is 123 Å². The van der Waals surface area contributed by atoms with Crippen LogP contribution in [0.25, 0.3) is 10.9 Å². The van der Waals surface area contributed by atoms with Crippen LogP contribution >= 0.6 is 0 Å². The highest BCUT2D eigenvalue weighted by atomic mass is 19.1. The van der Waals surface area contributed by atoms with Gasteiger partial charge in [0.05, 0.1) is 12.6 Å². The lowest BCUT2D eigenvalue weighted by Gasteiger charge is -2.30. The summed E-state index contributed by atoms with van der Waals surface area (Å²) in [5, 5.41) is 13.7. The molecular formula is C31H33FN6O. The predicted molar refractivity (Wildman–Crippen MR) is 151 cm³/mol. The van der Waals surface area contributed by atoms with E-state index in [9.17, 15) is 9.18 Å². The van der Waals surface area contributed by atoms with Crippen molar-refractivity contribution in [2.24, 2.45) is 0 Å². The Balaban J connectivity index is 1.48. The molecule has 1 N–H and O–H groups in total. The van der Waals surface area contributed by atoms with Crippen LogP contribution in [0.1, 0.15) is 53.0 Å². The number of H-pyrrole nitrogens is 1. The first-order valence-corrected chi connectivity index (χ1v) is 13.3. The van der Waals surface area contributed by atoms with Gasteiger partial charge in [-0.05, 0) is 95.1 Å². The number of aryl methyl sites for hydroxylation is 2. The molecule has 0 aliphatic carbocycles. The zero-order chi connectivity index (χ0) is 27.4. The summed E-state index contributed by atoms with van der Waals surface area (Å²) in [6, 6.07) is 22.7. The van der Waals surface area contributed by atoms with Gasteiger partial charge in [-0.3, -0.25) is 9.69 Å². The van der Waals surface area contributed by atoms with Gasteiger partial charge in [-0.25, -0.2) is 9.07 Å². The van der Waals surface area contributed by atoms with Crippen LogP contribution in [0.15, 0.2) is 77.6 Å². The van der Waals surface area contributed by atoms with E-state index in [4.69, 9.17) is 0 Å². The molecule has 8 heteroatoms. The Morgan fingerprint density at radius 2 is 1.72 bits per heavy atom. The Morgan fingerprint density at radius 3 is 2.46 bits per heavy atom. The molecule has 200 valence electrons. The largest absolute Gasteiger partial charge is 0.322 e. The van der Waals surface area contributed by atoms with Crippen molar-refractivity contribution in [2.75, 3.05) is 6.54 Å². The minimum Gasteiger partial charge on any atom is -0.322 e. The molecule has 0 bridgehead atoms. The number of aromatic nitrogens is 5. The van der Waals surface area contributed by atoms with Gasteiger partial charge >= 0.3 is 0 Å². The van der Waals surface area contributed by atoms with Crippen LogP contribution < -0.4 is 5.56 Å². The highest BCUT2D eigenvalue weighted by Gasteiger charge is 2.26. The number of fused-ring (bicyclic) bond motifs is 1. The molecule has 0 radical (unpaired) electrons. The number of halogens is 1. The monoisotopic (exact) mass is 524 g/mol. The lowest BCUT2D eigenvalue weighted by Crippen LogP contribution is -2.34. The Hall–Kier alpha value is -4.17. The molecule has 0 aliphatic heterocycles. The normalized spacial score (nSPS) is 12.3. The predicted octanol–water partition coefficient (Wildman–Crippen LogP) is 5.51. The van der Waals surface area contributed by atoms with Gasteiger partial charge in [-0.2, -0.15) is 0 Å². The molecule has 39 heavy (non-hydrogen) atoms. The average molecular weight is 525 g/mol. The second-order valence-electron chi connectivity index (χ2n) is 10.1. The van der Waals surface area contributed by atoms with E-state index in [1.165, 1.54) is 23.3 Å². The van der Waals surface area contributed by atoms with Gasteiger partial charge in [0, 0.05) is 24.2 Å². The van der Waals surface area contributed by atoms with Crippen molar-refractivity contribution >= 4 is 10.9 Å². The van der Waals surface area contributed by atoms with Crippen LogP contribution in [0.5, 0.6) is 0 Å². The fourth-order valence-electron chi connectivity index (χ4n) is 5.05. The van der Waals surface area contributed by atoms with Crippen molar-refractivity contribution in [2.45, 2.75) is 52.7 Å². The molecule has 1 atom stereocenters.